The van der Waals surface area contributed by atoms with E-state index in [4.69, 9.17) is 0 Å². The van der Waals surface area contributed by atoms with Crippen molar-refractivity contribution in [2.24, 2.45) is 11.8 Å². The van der Waals surface area contributed by atoms with Crippen molar-refractivity contribution >= 4 is 0 Å². The predicted molar refractivity (Wildman–Crippen MR) is 74.2 cm³/mol. The van der Waals surface area contributed by atoms with Crippen molar-refractivity contribution < 1.29 is 0 Å². The van der Waals surface area contributed by atoms with Crippen LogP contribution in [-0.4, -0.2) is 37.1 Å². The molecule has 1 heterocycles. The Morgan fingerprint density at radius 1 is 1.12 bits per heavy atom. The summed E-state index contributed by atoms with van der Waals surface area (Å²) in [7, 11) is 2.10. The average molecular weight is 238 g/mol. The Morgan fingerprint density at radius 2 is 1.94 bits per heavy atom. The molecule has 1 saturated heterocycles. The van der Waals surface area contributed by atoms with Gasteiger partial charge in [-0.25, -0.2) is 0 Å². The van der Waals surface area contributed by atoms with Gasteiger partial charge in [-0.15, -0.1) is 0 Å². The van der Waals surface area contributed by atoms with Crippen LogP contribution in [0.1, 0.15) is 52.4 Å². The van der Waals surface area contributed by atoms with Crippen LogP contribution in [0.25, 0.3) is 0 Å². The summed E-state index contributed by atoms with van der Waals surface area (Å²) in [6.45, 7) is 7.42. The summed E-state index contributed by atoms with van der Waals surface area (Å²) in [5.74, 6) is 1.85. The first-order valence-electron chi connectivity index (χ1n) is 7.62. The van der Waals surface area contributed by atoms with E-state index in [-0.39, 0.29) is 0 Å². The molecule has 0 bridgehead atoms. The third-order valence-corrected chi connectivity index (χ3v) is 4.92. The number of nitrogens with one attached hydrogen (secondary N) is 1. The zero-order valence-corrected chi connectivity index (χ0v) is 11.9. The number of nitrogens with zero attached hydrogens (tertiary/aromatic N) is 1. The Balaban J connectivity index is 1.97. The second-order valence-corrected chi connectivity index (χ2v) is 6.41. The van der Waals surface area contributed by atoms with E-state index < -0.39 is 0 Å². The quantitative estimate of drug-likeness (QED) is 0.813. The Labute approximate surface area is 107 Å². The fraction of sp³-hybridized carbons (Fsp3) is 1.00. The summed E-state index contributed by atoms with van der Waals surface area (Å²) in [6.07, 6.45) is 8.56. The molecule has 4 atom stereocenters. The van der Waals surface area contributed by atoms with Gasteiger partial charge in [0.1, 0.15) is 0 Å². The Bertz CT molecular complexity index is 227. The highest BCUT2D eigenvalue weighted by molar-refractivity contribution is 4.89. The second-order valence-electron chi connectivity index (χ2n) is 6.41. The van der Waals surface area contributed by atoms with Crippen molar-refractivity contribution in [2.75, 3.05) is 20.1 Å². The summed E-state index contributed by atoms with van der Waals surface area (Å²) >= 11 is 0. The molecule has 17 heavy (non-hydrogen) atoms. The van der Waals surface area contributed by atoms with Crippen LogP contribution in [-0.2, 0) is 0 Å². The fourth-order valence-electron chi connectivity index (χ4n) is 4.06. The molecule has 2 rings (SSSR count). The van der Waals surface area contributed by atoms with E-state index in [0.717, 1.165) is 23.9 Å². The first kappa shape index (κ1) is 13.4. The van der Waals surface area contributed by atoms with E-state index in [9.17, 15) is 0 Å². The van der Waals surface area contributed by atoms with E-state index in [0.29, 0.717) is 0 Å². The molecular weight excluding hydrogens is 208 g/mol. The minimum absolute atomic E-state index is 0.801. The summed E-state index contributed by atoms with van der Waals surface area (Å²) < 4.78 is 0. The highest BCUT2D eigenvalue weighted by Crippen LogP contribution is 2.34. The van der Waals surface area contributed by atoms with Crippen LogP contribution in [0.5, 0.6) is 0 Å². The van der Waals surface area contributed by atoms with Crippen molar-refractivity contribution in [2.45, 2.75) is 64.5 Å². The molecule has 100 valence electrons. The van der Waals surface area contributed by atoms with Gasteiger partial charge in [-0.05, 0) is 57.5 Å². The third kappa shape index (κ3) is 3.23. The molecule has 2 nitrogen and oxygen atoms in total. The lowest BCUT2D eigenvalue weighted by Crippen LogP contribution is -2.53. The van der Waals surface area contributed by atoms with Gasteiger partial charge in [0, 0.05) is 18.6 Å². The first-order valence-corrected chi connectivity index (χ1v) is 7.62. The fourth-order valence-corrected chi connectivity index (χ4v) is 4.06. The van der Waals surface area contributed by atoms with E-state index in [1.165, 1.54) is 51.6 Å². The molecule has 1 aliphatic heterocycles. The maximum absolute atomic E-state index is 3.39. The number of hydrogen-bond acceptors (Lipinski definition) is 2. The van der Waals surface area contributed by atoms with Crippen LogP contribution in [0.3, 0.4) is 0 Å². The van der Waals surface area contributed by atoms with Crippen LogP contribution in [0, 0.1) is 11.8 Å². The average Bonchev–Trinajstić information content (AvgIpc) is 2.31. The minimum atomic E-state index is 0.801. The molecule has 0 radical (unpaired) electrons. The van der Waals surface area contributed by atoms with Crippen molar-refractivity contribution in [1.29, 1.82) is 0 Å². The van der Waals surface area contributed by atoms with E-state index >= 15 is 0 Å². The predicted octanol–water partition coefficient (Wildman–Crippen LogP) is 2.89. The van der Waals surface area contributed by atoms with Gasteiger partial charge in [0.25, 0.3) is 0 Å². The Kier molecular flexibility index (Phi) is 4.87. The number of likely N-dealkylation sites (N-methyl/N-ethyl adjacent to an activating group) is 1. The zero-order chi connectivity index (χ0) is 12.3. The number of rotatable bonds is 3. The first-order chi connectivity index (χ1) is 8.22. The number of hydrogen-bond donors (Lipinski definition) is 1. The molecule has 2 heteroatoms. The maximum Gasteiger partial charge on any atom is 0.0223 e. The summed E-state index contributed by atoms with van der Waals surface area (Å²) in [4.78, 5) is 2.84. The molecule has 2 fully saturated rings. The van der Waals surface area contributed by atoms with Gasteiger partial charge in [0.05, 0.1) is 0 Å². The lowest BCUT2D eigenvalue weighted by Gasteiger charge is -2.46. The van der Waals surface area contributed by atoms with E-state index in [1.54, 1.807) is 0 Å². The van der Waals surface area contributed by atoms with Gasteiger partial charge >= 0.3 is 0 Å². The lowest BCUT2D eigenvalue weighted by molar-refractivity contribution is 0.0342. The van der Waals surface area contributed by atoms with Crippen molar-refractivity contribution in [1.82, 2.24) is 10.2 Å². The standard InChI is InChI=1S/C15H30N2/c1-12-7-8-15(13(2)10-12)17-9-5-4-6-14(17)11-16-3/h12-16H,4-11H2,1-3H3. The maximum atomic E-state index is 3.39. The Morgan fingerprint density at radius 3 is 2.65 bits per heavy atom. The largest absolute Gasteiger partial charge is 0.318 e. The number of piperidine rings is 1. The molecule has 1 saturated carbocycles. The molecule has 0 aromatic carbocycles. The van der Waals surface area contributed by atoms with Gasteiger partial charge in [-0.1, -0.05) is 20.3 Å². The Hall–Kier alpha value is -0.0800. The topological polar surface area (TPSA) is 15.3 Å². The van der Waals surface area contributed by atoms with Crippen molar-refractivity contribution in [3.63, 3.8) is 0 Å². The van der Waals surface area contributed by atoms with Gasteiger partial charge in [0.2, 0.25) is 0 Å². The zero-order valence-electron chi connectivity index (χ0n) is 11.9. The molecular formula is C15H30N2. The highest BCUT2D eigenvalue weighted by atomic mass is 15.2. The molecule has 0 spiro atoms. The second kappa shape index (κ2) is 6.19. The molecule has 4 unspecified atom stereocenters. The summed E-state index contributed by atoms with van der Waals surface area (Å²) in [5.41, 5.74) is 0. The van der Waals surface area contributed by atoms with Gasteiger partial charge in [0.15, 0.2) is 0 Å². The van der Waals surface area contributed by atoms with Gasteiger partial charge in [-0.3, -0.25) is 4.90 Å². The normalized spacial score (nSPS) is 40.4. The molecule has 1 N–H and O–H groups in total. The van der Waals surface area contributed by atoms with Crippen LogP contribution in [0.4, 0.5) is 0 Å². The van der Waals surface area contributed by atoms with Crippen LogP contribution in [0.15, 0.2) is 0 Å². The van der Waals surface area contributed by atoms with Crippen LogP contribution >= 0.6 is 0 Å². The summed E-state index contributed by atoms with van der Waals surface area (Å²) in [5, 5.41) is 3.39. The van der Waals surface area contributed by atoms with Crippen LogP contribution in [0.2, 0.25) is 0 Å². The van der Waals surface area contributed by atoms with E-state index in [1.807, 2.05) is 0 Å². The summed E-state index contributed by atoms with van der Waals surface area (Å²) in [6, 6.07) is 1.67. The van der Waals surface area contributed by atoms with Gasteiger partial charge < -0.3 is 5.32 Å². The molecule has 0 aromatic heterocycles. The highest BCUT2D eigenvalue weighted by Gasteiger charge is 2.34. The smallest absolute Gasteiger partial charge is 0.0223 e. The SMILES string of the molecule is CNCC1CCCCN1C1CCC(C)CC1C. The third-order valence-electron chi connectivity index (χ3n) is 4.92. The molecule has 0 amide bonds. The molecule has 2 aliphatic rings. The lowest BCUT2D eigenvalue weighted by atomic mass is 9.78. The van der Waals surface area contributed by atoms with Crippen molar-refractivity contribution in [3.8, 4) is 0 Å². The number of likely N-dealkylation sites (tertiary alicyclic amines) is 1. The van der Waals surface area contributed by atoms with Crippen LogP contribution < -0.4 is 5.32 Å². The van der Waals surface area contributed by atoms with Crippen molar-refractivity contribution in [3.05, 3.63) is 0 Å². The molecule has 0 aromatic rings. The monoisotopic (exact) mass is 238 g/mol. The van der Waals surface area contributed by atoms with Gasteiger partial charge in [-0.2, -0.15) is 0 Å². The van der Waals surface area contributed by atoms with E-state index in [2.05, 4.69) is 31.1 Å². The minimum Gasteiger partial charge on any atom is -0.318 e. The molecule has 1 aliphatic carbocycles.